The molecule has 0 saturated carbocycles. The van der Waals surface area contributed by atoms with Crippen LogP contribution in [0.2, 0.25) is 0 Å². The van der Waals surface area contributed by atoms with Crippen LogP contribution >= 0.6 is 0 Å². The number of halogens is 2. The van der Waals surface area contributed by atoms with Gasteiger partial charge in [0, 0.05) is 13.0 Å². The molecule has 1 aromatic carbocycles. The summed E-state index contributed by atoms with van der Waals surface area (Å²) < 4.78 is 38.1. The highest BCUT2D eigenvalue weighted by Gasteiger charge is 2.43. The Morgan fingerprint density at radius 1 is 1.27 bits per heavy atom. The van der Waals surface area contributed by atoms with Crippen molar-refractivity contribution in [3.8, 4) is 0 Å². The van der Waals surface area contributed by atoms with Gasteiger partial charge in [0.2, 0.25) is 0 Å². The fraction of sp³-hybridized carbons (Fsp3) is 0.556. The molecule has 1 atom stereocenters. The molecule has 2 rings (SSSR count). The van der Waals surface area contributed by atoms with Crippen LogP contribution in [0.3, 0.4) is 0 Å². The van der Waals surface area contributed by atoms with Crippen LogP contribution in [0.15, 0.2) is 30.3 Å². The van der Waals surface area contributed by atoms with Crippen molar-refractivity contribution < 1.29 is 27.8 Å². The molecule has 1 aromatic rings. The highest BCUT2D eigenvalue weighted by Crippen LogP contribution is 2.28. The van der Waals surface area contributed by atoms with Gasteiger partial charge in [-0.1, -0.05) is 30.3 Å². The predicted molar refractivity (Wildman–Crippen MR) is 90.9 cm³/mol. The Bertz CT molecular complexity index is 632. The lowest BCUT2D eigenvalue weighted by atomic mass is 10.0. The minimum Gasteiger partial charge on any atom is -0.445 e. The lowest BCUT2D eigenvalue weighted by Gasteiger charge is -2.38. The molecule has 144 valence electrons. The van der Waals surface area contributed by atoms with Crippen molar-refractivity contribution in [2.24, 2.45) is 0 Å². The lowest BCUT2D eigenvalue weighted by molar-refractivity contribution is -0.0779. The summed E-state index contributed by atoms with van der Waals surface area (Å²) >= 11 is 0. The number of amides is 2. The summed E-state index contributed by atoms with van der Waals surface area (Å²) in [5, 5.41) is 2.40. The van der Waals surface area contributed by atoms with Crippen molar-refractivity contribution in [2.75, 3.05) is 13.1 Å². The SMILES string of the molecule is CC(C)(C)OC(=O)N1C[C@H](NC(=O)OCc2ccccc2)CC(F)(F)C1. The summed E-state index contributed by atoms with van der Waals surface area (Å²) in [7, 11) is 0. The van der Waals surface area contributed by atoms with Gasteiger partial charge in [-0.3, -0.25) is 0 Å². The van der Waals surface area contributed by atoms with E-state index >= 15 is 0 Å². The van der Waals surface area contributed by atoms with E-state index in [1.54, 1.807) is 45.0 Å². The third-order valence-electron chi connectivity index (χ3n) is 3.59. The molecule has 26 heavy (non-hydrogen) atoms. The molecule has 2 amide bonds. The molecule has 1 fully saturated rings. The van der Waals surface area contributed by atoms with Crippen molar-refractivity contribution >= 4 is 12.2 Å². The standard InChI is InChI=1S/C18H24F2N2O4/c1-17(2,3)26-16(24)22-10-14(9-18(19,20)12-22)21-15(23)25-11-13-7-5-4-6-8-13/h4-8,14H,9-12H2,1-3H3,(H,21,23)/t14-/m1/s1. The Hall–Kier alpha value is -2.38. The molecule has 0 aliphatic carbocycles. The number of nitrogens with zero attached hydrogens (tertiary/aromatic N) is 1. The Morgan fingerprint density at radius 2 is 1.92 bits per heavy atom. The van der Waals surface area contributed by atoms with E-state index in [1.807, 2.05) is 6.07 Å². The zero-order valence-electron chi connectivity index (χ0n) is 15.1. The maximum Gasteiger partial charge on any atom is 0.410 e. The van der Waals surface area contributed by atoms with E-state index < -0.39 is 42.7 Å². The van der Waals surface area contributed by atoms with E-state index in [1.165, 1.54) is 0 Å². The number of hydrogen-bond donors (Lipinski definition) is 1. The van der Waals surface area contributed by atoms with Gasteiger partial charge in [0.1, 0.15) is 12.2 Å². The summed E-state index contributed by atoms with van der Waals surface area (Å²) in [5.74, 6) is -3.12. The highest BCUT2D eigenvalue weighted by molar-refractivity contribution is 5.70. The molecule has 1 N–H and O–H groups in total. The molecule has 0 radical (unpaired) electrons. The molecular formula is C18H24F2N2O4. The number of ether oxygens (including phenoxy) is 2. The maximum atomic E-state index is 14.0. The van der Waals surface area contributed by atoms with Gasteiger partial charge in [0.15, 0.2) is 0 Å². The Labute approximate surface area is 151 Å². The smallest absolute Gasteiger partial charge is 0.410 e. The van der Waals surface area contributed by atoms with E-state index in [4.69, 9.17) is 9.47 Å². The number of benzene rings is 1. The number of piperidine rings is 1. The van der Waals surface area contributed by atoms with Crippen LogP contribution in [-0.2, 0) is 16.1 Å². The van der Waals surface area contributed by atoms with Crippen LogP contribution in [0.25, 0.3) is 0 Å². The second kappa shape index (κ2) is 7.88. The van der Waals surface area contributed by atoms with Gasteiger partial charge in [0.25, 0.3) is 5.92 Å². The fourth-order valence-electron chi connectivity index (χ4n) is 2.59. The molecule has 0 unspecified atom stereocenters. The fourth-order valence-corrected chi connectivity index (χ4v) is 2.59. The molecule has 0 spiro atoms. The first-order valence-electron chi connectivity index (χ1n) is 8.37. The number of alkyl carbamates (subject to hydrolysis) is 1. The van der Waals surface area contributed by atoms with Crippen LogP contribution in [0, 0.1) is 0 Å². The van der Waals surface area contributed by atoms with Crippen LogP contribution < -0.4 is 5.32 Å². The number of alkyl halides is 2. The number of nitrogens with one attached hydrogen (secondary N) is 1. The first-order chi connectivity index (χ1) is 12.0. The Morgan fingerprint density at radius 3 is 2.54 bits per heavy atom. The minimum absolute atomic E-state index is 0.0333. The number of carbonyl (C=O) groups excluding carboxylic acids is 2. The summed E-state index contributed by atoms with van der Waals surface area (Å²) in [6.45, 7) is 4.20. The zero-order chi connectivity index (χ0) is 19.4. The van der Waals surface area contributed by atoms with Crippen LogP contribution in [0.1, 0.15) is 32.8 Å². The van der Waals surface area contributed by atoms with E-state index in [-0.39, 0.29) is 13.2 Å². The molecule has 1 saturated heterocycles. The largest absolute Gasteiger partial charge is 0.445 e. The van der Waals surface area contributed by atoms with Crippen LogP contribution in [-0.4, -0.2) is 47.7 Å². The first kappa shape index (κ1) is 19.9. The van der Waals surface area contributed by atoms with Crippen molar-refractivity contribution in [3.05, 3.63) is 35.9 Å². The van der Waals surface area contributed by atoms with E-state index in [2.05, 4.69) is 5.32 Å². The van der Waals surface area contributed by atoms with Gasteiger partial charge in [-0.25, -0.2) is 18.4 Å². The average Bonchev–Trinajstić information content (AvgIpc) is 2.51. The van der Waals surface area contributed by atoms with E-state index in [0.717, 1.165) is 10.5 Å². The van der Waals surface area contributed by atoms with Crippen LogP contribution in [0.5, 0.6) is 0 Å². The van der Waals surface area contributed by atoms with Gasteiger partial charge in [-0.05, 0) is 26.3 Å². The van der Waals surface area contributed by atoms with Gasteiger partial charge in [0.05, 0.1) is 12.6 Å². The Kier molecular flexibility index (Phi) is 6.05. The van der Waals surface area contributed by atoms with Gasteiger partial charge in [-0.15, -0.1) is 0 Å². The minimum atomic E-state index is -3.12. The second-order valence-corrected chi connectivity index (χ2v) is 7.32. The number of likely N-dealkylation sites (tertiary alicyclic amines) is 1. The van der Waals surface area contributed by atoms with E-state index in [0.29, 0.717) is 0 Å². The van der Waals surface area contributed by atoms with E-state index in [9.17, 15) is 18.4 Å². The van der Waals surface area contributed by atoms with Crippen molar-refractivity contribution in [1.29, 1.82) is 0 Å². The van der Waals surface area contributed by atoms with Gasteiger partial charge >= 0.3 is 12.2 Å². The second-order valence-electron chi connectivity index (χ2n) is 7.32. The monoisotopic (exact) mass is 370 g/mol. The van der Waals surface area contributed by atoms with Gasteiger partial charge < -0.3 is 19.7 Å². The molecule has 6 nitrogen and oxygen atoms in total. The number of carbonyl (C=O) groups is 2. The summed E-state index contributed by atoms with van der Waals surface area (Å²) in [5.41, 5.74) is -0.00606. The molecule has 1 aliphatic heterocycles. The third-order valence-corrected chi connectivity index (χ3v) is 3.59. The Balaban J connectivity index is 1.91. The lowest BCUT2D eigenvalue weighted by Crippen LogP contribution is -2.57. The van der Waals surface area contributed by atoms with Crippen molar-refractivity contribution in [3.63, 3.8) is 0 Å². The van der Waals surface area contributed by atoms with Crippen molar-refractivity contribution in [1.82, 2.24) is 10.2 Å². The maximum absolute atomic E-state index is 14.0. The van der Waals surface area contributed by atoms with Gasteiger partial charge in [-0.2, -0.15) is 0 Å². The molecular weight excluding hydrogens is 346 g/mol. The predicted octanol–water partition coefficient (Wildman–Crippen LogP) is 3.56. The molecule has 0 aromatic heterocycles. The molecule has 1 aliphatic rings. The average molecular weight is 370 g/mol. The quantitative estimate of drug-likeness (QED) is 0.883. The molecule has 0 bridgehead atoms. The topological polar surface area (TPSA) is 67.9 Å². The molecule has 8 heteroatoms. The molecule has 1 heterocycles. The zero-order valence-corrected chi connectivity index (χ0v) is 15.1. The first-order valence-corrected chi connectivity index (χ1v) is 8.37. The van der Waals surface area contributed by atoms with Crippen molar-refractivity contribution in [2.45, 2.75) is 51.4 Å². The summed E-state index contributed by atoms with van der Waals surface area (Å²) in [6, 6.07) is 8.08. The highest BCUT2D eigenvalue weighted by atomic mass is 19.3. The third kappa shape index (κ3) is 6.50. The normalized spacial score (nSPS) is 19.6. The number of hydrogen-bond acceptors (Lipinski definition) is 4. The van der Waals surface area contributed by atoms with Crippen LogP contribution in [0.4, 0.5) is 18.4 Å². The summed E-state index contributed by atoms with van der Waals surface area (Å²) in [4.78, 5) is 24.9. The number of rotatable bonds is 3. The summed E-state index contributed by atoms with van der Waals surface area (Å²) in [6.07, 6.45) is -2.20.